The van der Waals surface area contributed by atoms with Gasteiger partial charge in [0.25, 0.3) is 0 Å². The highest BCUT2D eigenvalue weighted by molar-refractivity contribution is 5.89. The number of carbonyl (C=O) groups is 2. The third-order valence-corrected chi connectivity index (χ3v) is 2.59. The largest absolute Gasteiger partial charge is 0.478 e. The molecule has 120 valence electrons. The molecule has 0 heterocycles. The van der Waals surface area contributed by atoms with Gasteiger partial charge < -0.3 is 14.9 Å². The van der Waals surface area contributed by atoms with Gasteiger partial charge in [-0.3, -0.25) is 0 Å². The predicted octanol–water partition coefficient (Wildman–Crippen LogP) is 3.12. The monoisotopic (exact) mass is 314 g/mol. The van der Waals surface area contributed by atoms with Crippen molar-refractivity contribution in [2.24, 2.45) is 0 Å². The van der Waals surface area contributed by atoms with Crippen LogP contribution in [0.3, 0.4) is 0 Å². The smallest absolute Gasteiger partial charge is 0.328 e. The van der Waals surface area contributed by atoms with Gasteiger partial charge in [-0.25, -0.2) is 9.59 Å². The first-order valence-corrected chi connectivity index (χ1v) is 6.87. The van der Waals surface area contributed by atoms with Crippen LogP contribution in [0.1, 0.15) is 11.1 Å². The van der Waals surface area contributed by atoms with Crippen molar-refractivity contribution in [3.8, 4) is 0 Å². The maximum absolute atomic E-state index is 9.55. The summed E-state index contributed by atoms with van der Waals surface area (Å²) >= 11 is 0. The van der Waals surface area contributed by atoms with Gasteiger partial charge in [-0.15, -0.1) is 0 Å². The average Bonchev–Trinajstić information content (AvgIpc) is 2.56. The van der Waals surface area contributed by atoms with Gasteiger partial charge in [0, 0.05) is 12.2 Å². The zero-order chi connectivity index (χ0) is 16.9. The second-order valence-corrected chi connectivity index (χ2v) is 4.47. The van der Waals surface area contributed by atoms with E-state index in [1.165, 1.54) is 11.1 Å². The first-order chi connectivity index (χ1) is 11.1. The van der Waals surface area contributed by atoms with E-state index in [1.807, 2.05) is 36.4 Å². The van der Waals surface area contributed by atoms with E-state index < -0.39 is 11.9 Å². The zero-order valence-corrected chi connectivity index (χ0v) is 12.5. The predicted molar refractivity (Wildman–Crippen MR) is 85.8 cm³/mol. The summed E-state index contributed by atoms with van der Waals surface area (Å²) in [6.45, 7) is 1.35. The molecule has 2 N–H and O–H groups in total. The molecule has 5 heteroatoms. The standard InChI is InChI=1S/C14H14O.C4H4O4/c1-3-7-13(8-4-1)11-15-12-14-9-5-2-6-10-14;5-3(6)1-2-4(7)8/h1-10H,11-12H2;1-2H,(H,5,6)(H,7,8)/b;2-1-. The summed E-state index contributed by atoms with van der Waals surface area (Å²) in [4.78, 5) is 19.1. The summed E-state index contributed by atoms with van der Waals surface area (Å²) in [5.41, 5.74) is 2.43. The van der Waals surface area contributed by atoms with Crippen LogP contribution in [-0.4, -0.2) is 22.2 Å². The van der Waals surface area contributed by atoms with Crippen molar-refractivity contribution in [1.29, 1.82) is 0 Å². The van der Waals surface area contributed by atoms with Gasteiger partial charge in [-0.1, -0.05) is 60.7 Å². The molecule has 0 aliphatic rings. The fourth-order valence-electron chi connectivity index (χ4n) is 1.58. The molecule has 0 atom stereocenters. The van der Waals surface area contributed by atoms with Crippen molar-refractivity contribution >= 4 is 11.9 Å². The fourth-order valence-corrected chi connectivity index (χ4v) is 1.58. The minimum absolute atomic E-state index is 0.558. The van der Waals surface area contributed by atoms with Crippen LogP contribution in [0.4, 0.5) is 0 Å². The summed E-state index contributed by atoms with van der Waals surface area (Å²) < 4.78 is 5.61. The molecule has 0 fully saturated rings. The first-order valence-electron chi connectivity index (χ1n) is 6.87. The second kappa shape index (κ2) is 10.8. The van der Waals surface area contributed by atoms with Gasteiger partial charge in [-0.05, 0) is 11.1 Å². The summed E-state index contributed by atoms with van der Waals surface area (Å²) in [6, 6.07) is 20.4. The molecule has 0 aliphatic carbocycles. The number of carboxylic acids is 2. The quantitative estimate of drug-likeness (QED) is 0.800. The Labute approximate surface area is 134 Å². The number of carboxylic acid groups (broad SMARTS) is 2. The molecule has 2 aromatic carbocycles. The van der Waals surface area contributed by atoms with Crippen molar-refractivity contribution in [2.45, 2.75) is 13.2 Å². The minimum Gasteiger partial charge on any atom is -0.478 e. The van der Waals surface area contributed by atoms with Gasteiger partial charge in [0.1, 0.15) is 0 Å². The molecule has 2 aromatic rings. The van der Waals surface area contributed by atoms with Crippen LogP contribution >= 0.6 is 0 Å². The van der Waals surface area contributed by atoms with Crippen molar-refractivity contribution in [1.82, 2.24) is 0 Å². The van der Waals surface area contributed by atoms with Crippen LogP contribution in [0.15, 0.2) is 72.8 Å². The molecule has 0 amide bonds. The van der Waals surface area contributed by atoms with Crippen LogP contribution < -0.4 is 0 Å². The Bertz CT molecular complexity index is 565. The Morgan fingerprint density at radius 1 is 0.739 bits per heavy atom. The number of benzene rings is 2. The van der Waals surface area contributed by atoms with E-state index in [0.29, 0.717) is 25.4 Å². The summed E-state index contributed by atoms with van der Waals surface area (Å²) in [5, 5.41) is 15.6. The molecule has 5 nitrogen and oxygen atoms in total. The maximum Gasteiger partial charge on any atom is 0.328 e. The second-order valence-electron chi connectivity index (χ2n) is 4.47. The third kappa shape index (κ3) is 9.60. The average molecular weight is 314 g/mol. The molecule has 23 heavy (non-hydrogen) atoms. The van der Waals surface area contributed by atoms with Crippen molar-refractivity contribution in [3.63, 3.8) is 0 Å². The van der Waals surface area contributed by atoms with Gasteiger partial charge >= 0.3 is 11.9 Å². The Morgan fingerprint density at radius 2 is 1.09 bits per heavy atom. The van der Waals surface area contributed by atoms with Crippen LogP contribution in [0.5, 0.6) is 0 Å². The number of hydrogen-bond acceptors (Lipinski definition) is 3. The molecule has 0 bridgehead atoms. The van der Waals surface area contributed by atoms with Crippen molar-refractivity contribution < 1.29 is 24.5 Å². The number of ether oxygens (including phenoxy) is 1. The number of rotatable bonds is 6. The number of hydrogen-bond donors (Lipinski definition) is 2. The van der Waals surface area contributed by atoms with Crippen LogP contribution in [0, 0.1) is 0 Å². The topological polar surface area (TPSA) is 83.8 Å². The molecule has 0 spiro atoms. The van der Waals surface area contributed by atoms with Crippen LogP contribution in [0.25, 0.3) is 0 Å². The highest BCUT2D eigenvalue weighted by Crippen LogP contribution is 2.05. The maximum atomic E-state index is 9.55. The van der Waals surface area contributed by atoms with E-state index in [9.17, 15) is 9.59 Å². The lowest BCUT2D eigenvalue weighted by Gasteiger charge is -2.03. The van der Waals surface area contributed by atoms with E-state index in [2.05, 4.69) is 24.3 Å². The van der Waals surface area contributed by atoms with E-state index in [-0.39, 0.29) is 0 Å². The third-order valence-electron chi connectivity index (χ3n) is 2.59. The molecule has 0 saturated heterocycles. The highest BCUT2D eigenvalue weighted by Gasteiger charge is 1.93. The molecule has 0 aliphatic heterocycles. The molecule has 0 aromatic heterocycles. The van der Waals surface area contributed by atoms with Gasteiger partial charge in [-0.2, -0.15) is 0 Å². The van der Waals surface area contributed by atoms with E-state index in [4.69, 9.17) is 14.9 Å². The lowest BCUT2D eigenvalue weighted by molar-refractivity contribution is -0.134. The molecular weight excluding hydrogens is 296 g/mol. The first kappa shape index (κ1) is 18.1. The van der Waals surface area contributed by atoms with Crippen LogP contribution in [0.2, 0.25) is 0 Å². The zero-order valence-electron chi connectivity index (χ0n) is 12.5. The van der Waals surface area contributed by atoms with Gasteiger partial charge in [0.05, 0.1) is 13.2 Å². The Hall–Kier alpha value is -2.92. The summed E-state index contributed by atoms with van der Waals surface area (Å²) in [6.07, 6.45) is 1.12. The Balaban J connectivity index is 0.000000284. The lowest BCUT2D eigenvalue weighted by atomic mass is 10.2. The van der Waals surface area contributed by atoms with E-state index in [0.717, 1.165) is 0 Å². The molecule has 0 saturated carbocycles. The van der Waals surface area contributed by atoms with Gasteiger partial charge in [0.2, 0.25) is 0 Å². The number of aliphatic carboxylic acids is 2. The van der Waals surface area contributed by atoms with Gasteiger partial charge in [0.15, 0.2) is 0 Å². The summed E-state index contributed by atoms with van der Waals surface area (Å²) in [5.74, 6) is -2.51. The normalized spacial score (nSPS) is 9.91. The molecular formula is C18H18O5. The van der Waals surface area contributed by atoms with Crippen molar-refractivity contribution in [3.05, 3.63) is 83.9 Å². The Morgan fingerprint density at radius 3 is 1.39 bits per heavy atom. The fraction of sp³-hybridized carbons (Fsp3) is 0.111. The minimum atomic E-state index is -1.26. The summed E-state index contributed by atoms with van der Waals surface area (Å²) in [7, 11) is 0. The van der Waals surface area contributed by atoms with E-state index in [1.54, 1.807) is 0 Å². The Kier molecular flexibility index (Phi) is 8.48. The lowest BCUT2D eigenvalue weighted by Crippen LogP contribution is -1.93. The molecule has 0 unspecified atom stereocenters. The van der Waals surface area contributed by atoms with Crippen molar-refractivity contribution in [2.75, 3.05) is 0 Å². The highest BCUT2D eigenvalue weighted by atomic mass is 16.5. The molecule has 2 rings (SSSR count). The SMILES string of the molecule is O=C(O)/C=C\C(=O)O.c1ccc(COCc2ccccc2)cc1. The van der Waals surface area contributed by atoms with Crippen LogP contribution in [-0.2, 0) is 27.5 Å². The molecule has 0 radical (unpaired) electrons. The van der Waals surface area contributed by atoms with E-state index >= 15 is 0 Å².